The lowest BCUT2D eigenvalue weighted by atomic mass is 10.2. The molecule has 0 aromatic heterocycles. The van der Waals surface area contributed by atoms with E-state index in [4.69, 9.17) is 21.1 Å². The van der Waals surface area contributed by atoms with Crippen molar-refractivity contribution in [3.05, 3.63) is 47.0 Å². The molecule has 3 rings (SSSR count). The quantitative estimate of drug-likeness (QED) is 0.815. The van der Waals surface area contributed by atoms with Crippen molar-refractivity contribution in [2.75, 3.05) is 31.0 Å². The van der Waals surface area contributed by atoms with E-state index in [9.17, 15) is 9.59 Å². The van der Waals surface area contributed by atoms with Crippen LogP contribution in [0.3, 0.4) is 0 Å². The van der Waals surface area contributed by atoms with E-state index < -0.39 is 12.0 Å². The first-order valence-electron chi connectivity index (χ1n) is 7.42. The summed E-state index contributed by atoms with van der Waals surface area (Å²) in [5.74, 6) is 0.674. The van der Waals surface area contributed by atoms with Crippen molar-refractivity contribution in [1.82, 2.24) is 0 Å². The van der Waals surface area contributed by atoms with Crippen LogP contribution in [-0.4, -0.2) is 32.3 Å². The van der Waals surface area contributed by atoms with Crippen molar-refractivity contribution in [3.8, 4) is 11.5 Å². The number of hydrogen-bond donors (Lipinski definition) is 2. The molecule has 2 aromatic carbocycles. The Morgan fingerprint density at radius 1 is 1.04 bits per heavy atom. The first-order chi connectivity index (χ1) is 12.1. The van der Waals surface area contributed by atoms with Crippen molar-refractivity contribution in [3.63, 3.8) is 0 Å². The number of nitrogens with one attached hydrogen (secondary N) is 2. The van der Waals surface area contributed by atoms with Gasteiger partial charge in [-0.2, -0.15) is 0 Å². The number of rotatable bonds is 3. The van der Waals surface area contributed by atoms with Crippen LogP contribution in [0.5, 0.6) is 11.5 Å². The molecule has 0 unspecified atom stereocenters. The number of ether oxygens (including phenoxy) is 3. The molecule has 0 saturated carbocycles. The number of anilines is 2. The van der Waals surface area contributed by atoms with E-state index >= 15 is 0 Å². The third kappa shape index (κ3) is 3.95. The number of hydrogen-bond acceptors (Lipinski definition) is 5. The van der Waals surface area contributed by atoms with E-state index in [0.29, 0.717) is 41.1 Å². The van der Waals surface area contributed by atoms with Crippen molar-refractivity contribution in [1.29, 1.82) is 0 Å². The topological polar surface area (TPSA) is 85.9 Å². The number of urea groups is 1. The lowest BCUT2D eigenvalue weighted by Crippen LogP contribution is -2.20. The Bertz CT molecular complexity index is 825. The molecule has 2 N–H and O–H groups in total. The molecule has 1 aliphatic rings. The lowest BCUT2D eigenvalue weighted by molar-refractivity contribution is 0.0600. The second kappa shape index (κ2) is 7.31. The van der Waals surface area contributed by atoms with Gasteiger partial charge in [0.2, 0.25) is 0 Å². The summed E-state index contributed by atoms with van der Waals surface area (Å²) < 4.78 is 15.5. The van der Waals surface area contributed by atoms with E-state index in [0.717, 1.165) is 0 Å². The Morgan fingerprint density at radius 2 is 1.80 bits per heavy atom. The first kappa shape index (κ1) is 16.9. The van der Waals surface area contributed by atoms with Crippen molar-refractivity contribution >= 4 is 35.0 Å². The highest BCUT2D eigenvalue weighted by Crippen LogP contribution is 2.32. The minimum atomic E-state index is -0.521. The molecule has 7 nitrogen and oxygen atoms in total. The van der Waals surface area contributed by atoms with Crippen LogP contribution in [0.2, 0.25) is 5.02 Å². The normalized spacial score (nSPS) is 12.2. The van der Waals surface area contributed by atoms with Gasteiger partial charge < -0.3 is 24.8 Å². The van der Waals surface area contributed by atoms with Crippen LogP contribution < -0.4 is 20.1 Å². The largest absolute Gasteiger partial charge is 0.486 e. The zero-order chi connectivity index (χ0) is 17.8. The molecule has 25 heavy (non-hydrogen) atoms. The number of benzene rings is 2. The van der Waals surface area contributed by atoms with E-state index in [1.165, 1.54) is 25.3 Å². The average Bonchev–Trinajstić information content (AvgIpc) is 2.62. The van der Waals surface area contributed by atoms with Crippen LogP contribution in [0.15, 0.2) is 36.4 Å². The first-order valence-corrected chi connectivity index (χ1v) is 7.80. The zero-order valence-corrected chi connectivity index (χ0v) is 14.1. The fourth-order valence-electron chi connectivity index (χ4n) is 2.27. The highest BCUT2D eigenvalue weighted by Gasteiger charge is 2.14. The fourth-order valence-corrected chi connectivity index (χ4v) is 2.44. The van der Waals surface area contributed by atoms with Gasteiger partial charge in [0, 0.05) is 11.8 Å². The van der Waals surface area contributed by atoms with Crippen LogP contribution in [0.1, 0.15) is 10.4 Å². The van der Waals surface area contributed by atoms with Gasteiger partial charge in [-0.15, -0.1) is 0 Å². The van der Waals surface area contributed by atoms with Gasteiger partial charge >= 0.3 is 12.0 Å². The summed E-state index contributed by atoms with van der Waals surface area (Å²) >= 11 is 6.05. The minimum absolute atomic E-state index is 0.279. The Kier molecular flexibility index (Phi) is 4.95. The molecule has 130 valence electrons. The highest BCUT2D eigenvalue weighted by atomic mass is 35.5. The molecule has 0 fully saturated rings. The molecule has 0 saturated heterocycles. The van der Waals surface area contributed by atoms with Crippen LogP contribution in [0.4, 0.5) is 16.2 Å². The van der Waals surface area contributed by atoms with Gasteiger partial charge in [0.05, 0.1) is 23.4 Å². The monoisotopic (exact) mass is 362 g/mol. The summed E-state index contributed by atoms with van der Waals surface area (Å²) in [5.41, 5.74) is 1.10. The predicted octanol–water partition coefficient (Wildman–Crippen LogP) is 3.54. The van der Waals surface area contributed by atoms with Gasteiger partial charge in [-0.25, -0.2) is 9.59 Å². The Morgan fingerprint density at radius 3 is 2.56 bits per heavy atom. The van der Waals surface area contributed by atoms with Crippen LogP contribution in [0.25, 0.3) is 0 Å². The van der Waals surface area contributed by atoms with E-state index in [2.05, 4.69) is 15.4 Å². The van der Waals surface area contributed by atoms with E-state index in [1.54, 1.807) is 18.2 Å². The number of methoxy groups -OCH3 is 1. The average molecular weight is 363 g/mol. The third-order valence-electron chi connectivity index (χ3n) is 3.44. The number of amides is 2. The van der Waals surface area contributed by atoms with Gasteiger partial charge in [0.15, 0.2) is 11.5 Å². The Balaban J connectivity index is 1.71. The molecule has 2 aromatic rings. The fraction of sp³-hybridized carbons (Fsp3) is 0.176. The summed E-state index contributed by atoms with van der Waals surface area (Å²) in [6.07, 6.45) is 0. The standard InChI is InChI=1S/C17H15ClN2O5/c1-23-16(21)10-2-4-12(18)13(8-10)20-17(22)19-11-3-5-14-15(9-11)25-7-6-24-14/h2-5,8-9H,6-7H2,1H3,(H2,19,20,22). The smallest absolute Gasteiger partial charge is 0.337 e. The second-order valence-corrected chi connectivity index (χ2v) is 5.53. The van der Waals surface area contributed by atoms with Gasteiger partial charge in [0.1, 0.15) is 13.2 Å². The summed E-state index contributed by atoms with van der Waals surface area (Å²) in [5, 5.41) is 5.56. The molecule has 8 heteroatoms. The maximum Gasteiger partial charge on any atom is 0.337 e. The maximum atomic E-state index is 12.2. The van der Waals surface area contributed by atoms with Crippen molar-refractivity contribution in [2.45, 2.75) is 0 Å². The molecule has 0 radical (unpaired) electrons. The molecule has 0 spiro atoms. The van der Waals surface area contributed by atoms with E-state index in [1.807, 2.05) is 0 Å². The van der Waals surface area contributed by atoms with Crippen molar-refractivity contribution < 1.29 is 23.8 Å². The van der Waals surface area contributed by atoms with Crippen LogP contribution in [-0.2, 0) is 4.74 Å². The lowest BCUT2D eigenvalue weighted by Gasteiger charge is -2.19. The van der Waals surface area contributed by atoms with E-state index in [-0.39, 0.29) is 5.56 Å². The van der Waals surface area contributed by atoms with Gasteiger partial charge in [-0.1, -0.05) is 11.6 Å². The number of carbonyl (C=O) groups is 2. The zero-order valence-electron chi connectivity index (χ0n) is 13.3. The Labute approximate surface area is 148 Å². The molecular weight excluding hydrogens is 348 g/mol. The molecule has 0 atom stereocenters. The number of fused-ring (bicyclic) bond motifs is 1. The molecule has 1 heterocycles. The van der Waals surface area contributed by atoms with Crippen LogP contribution >= 0.6 is 11.6 Å². The second-order valence-electron chi connectivity index (χ2n) is 5.12. The number of carbonyl (C=O) groups excluding carboxylic acids is 2. The van der Waals surface area contributed by atoms with Gasteiger partial charge in [-0.3, -0.25) is 0 Å². The summed E-state index contributed by atoms with van der Waals surface area (Å²) in [6, 6.07) is 9.03. The predicted molar refractivity (Wildman–Crippen MR) is 92.9 cm³/mol. The third-order valence-corrected chi connectivity index (χ3v) is 3.77. The number of esters is 1. The molecule has 1 aliphatic heterocycles. The molecule has 0 bridgehead atoms. The summed E-state index contributed by atoms with van der Waals surface area (Å²) in [4.78, 5) is 23.8. The Hall–Kier alpha value is -2.93. The SMILES string of the molecule is COC(=O)c1ccc(Cl)c(NC(=O)Nc2ccc3c(c2)OCCO3)c1. The van der Waals surface area contributed by atoms with Gasteiger partial charge in [-0.05, 0) is 30.3 Å². The molecule has 0 aliphatic carbocycles. The molecule has 2 amide bonds. The van der Waals surface area contributed by atoms with Crippen LogP contribution in [0, 0.1) is 0 Å². The summed E-state index contributed by atoms with van der Waals surface area (Å²) in [6.45, 7) is 0.952. The number of halogens is 1. The minimum Gasteiger partial charge on any atom is -0.486 e. The maximum absolute atomic E-state index is 12.2. The highest BCUT2D eigenvalue weighted by molar-refractivity contribution is 6.34. The van der Waals surface area contributed by atoms with Crippen molar-refractivity contribution in [2.24, 2.45) is 0 Å². The summed E-state index contributed by atoms with van der Waals surface area (Å²) in [7, 11) is 1.28. The molecular formula is C17H15ClN2O5. The van der Waals surface area contributed by atoms with Gasteiger partial charge in [0.25, 0.3) is 0 Å².